The van der Waals surface area contributed by atoms with Gasteiger partial charge < -0.3 is 10.2 Å². The Morgan fingerprint density at radius 1 is 1.35 bits per heavy atom. The van der Waals surface area contributed by atoms with Crippen molar-refractivity contribution in [3.05, 3.63) is 12.7 Å². The predicted octanol–water partition coefficient (Wildman–Crippen LogP) is 1.55. The third-order valence-corrected chi connectivity index (χ3v) is 5.12. The second-order valence-corrected chi connectivity index (χ2v) is 6.37. The maximum absolute atomic E-state index is 4.65. The molecule has 3 unspecified atom stereocenters. The molecule has 1 N–H and O–H groups in total. The first kappa shape index (κ1) is 13.9. The van der Waals surface area contributed by atoms with Crippen LogP contribution in [0.5, 0.6) is 0 Å². The van der Waals surface area contributed by atoms with Crippen LogP contribution >= 0.6 is 0 Å². The van der Waals surface area contributed by atoms with Gasteiger partial charge in [0.15, 0.2) is 5.96 Å². The third-order valence-electron chi connectivity index (χ3n) is 5.12. The second kappa shape index (κ2) is 6.17. The molecule has 3 aliphatic rings. The van der Waals surface area contributed by atoms with Crippen molar-refractivity contribution in [1.29, 1.82) is 0 Å². The highest BCUT2D eigenvalue weighted by Gasteiger charge is 2.47. The third kappa shape index (κ3) is 2.58. The molecule has 112 valence electrons. The summed E-state index contributed by atoms with van der Waals surface area (Å²) in [7, 11) is 0. The highest BCUT2D eigenvalue weighted by atomic mass is 15.3. The van der Waals surface area contributed by atoms with Crippen molar-refractivity contribution in [3.8, 4) is 0 Å². The molecular weight excluding hydrogens is 248 g/mol. The first-order valence-corrected chi connectivity index (χ1v) is 8.21. The van der Waals surface area contributed by atoms with Gasteiger partial charge in [0, 0.05) is 32.2 Å². The second-order valence-electron chi connectivity index (χ2n) is 6.37. The van der Waals surface area contributed by atoms with E-state index in [0.29, 0.717) is 6.54 Å². The number of likely N-dealkylation sites (tertiary alicyclic amines) is 1. The number of aliphatic imine (C=N–C) groups is 1. The Labute approximate surface area is 122 Å². The lowest BCUT2D eigenvalue weighted by Gasteiger charge is -2.33. The molecule has 0 saturated carbocycles. The zero-order chi connectivity index (χ0) is 13.9. The summed E-state index contributed by atoms with van der Waals surface area (Å²) < 4.78 is 0. The van der Waals surface area contributed by atoms with Crippen molar-refractivity contribution in [1.82, 2.24) is 15.1 Å². The number of nitrogens with zero attached hydrogens (tertiary/aromatic N) is 3. The molecule has 3 aliphatic heterocycles. The van der Waals surface area contributed by atoms with Gasteiger partial charge in [-0.25, -0.2) is 4.99 Å². The standard InChI is InChI=1S/C16H28N4/c1-3-8-18-16(17-4-2)20-11-13-10-19-9-6-5-7-15(19)14(13)12-20/h3,13-15H,1,4-12H2,2H3,(H,17,18). The van der Waals surface area contributed by atoms with Crippen molar-refractivity contribution < 1.29 is 0 Å². The molecule has 0 aromatic carbocycles. The van der Waals surface area contributed by atoms with E-state index in [2.05, 4.69) is 33.6 Å². The van der Waals surface area contributed by atoms with E-state index in [1.807, 2.05) is 6.08 Å². The van der Waals surface area contributed by atoms with E-state index in [4.69, 9.17) is 0 Å². The van der Waals surface area contributed by atoms with Crippen LogP contribution in [0.15, 0.2) is 17.6 Å². The molecule has 0 aromatic heterocycles. The van der Waals surface area contributed by atoms with E-state index in [1.165, 1.54) is 45.4 Å². The van der Waals surface area contributed by atoms with Crippen LogP contribution in [0.1, 0.15) is 26.2 Å². The highest BCUT2D eigenvalue weighted by molar-refractivity contribution is 5.80. The van der Waals surface area contributed by atoms with E-state index < -0.39 is 0 Å². The summed E-state index contributed by atoms with van der Waals surface area (Å²) in [6.07, 6.45) is 6.12. The zero-order valence-corrected chi connectivity index (χ0v) is 12.7. The van der Waals surface area contributed by atoms with Crippen LogP contribution in [0.25, 0.3) is 0 Å². The van der Waals surface area contributed by atoms with Crippen LogP contribution < -0.4 is 5.32 Å². The summed E-state index contributed by atoms with van der Waals surface area (Å²) in [5, 5.41) is 3.44. The fraction of sp³-hybridized carbons (Fsp3) is 0.812. The van der Waals surface area contributed by atoms with E-state index in [-0.39, 0.29) is 0 Å². The topological polar surface area (TPSA) is 30.9 Å². The number of rotatable bonds is 3. The quantitative estimate of drug-likeness (QED) is 0.482. The van der Waals surface area contributed by atoms with Gasteiger partial charge in [-0.05, 0) is 38.1 Å². The van der Waals surface area contributed by atoms with Gasteiger partial charge in [0.1, 0.15) is 0 Å². The Bertz CT molecular complexity index is 379. The summed E-state index contributed by atoms with van der Waals surface area (Å²) >= 11 is 0. The van der Waals surface area contributed by atoms with Gasteiger partial charge >= 0.3 is 0 Å². The predicted molar refractivity (Wildman–Crippen MR) is 83.9 cm³/mol. The highest BCUT2D eigenvalue weighted by Crippen LogP contribution is 2.40. The minimum atomic E-state index is 0.712. The van der Waals surface area contributed by atoms with Crippen LogP contribution in [0, 0.1) is 11.8 Å². The summed E-state index contributed by atoms with van der Waals surface area (Å²) in [5.41, 5.74) is 0. The van der Waals surface area contributed by atoms with Crippen molar-refractivity contribution in [2.24, 2.45) is 16.8 Å². The largest absolute Gasteiger partial charge is 0.357 e. The van der Waals surface area contributed by atoms with E-state index in [1.54, 1.807) is 0 Å². The maximum atomic E-state index is 4.65. The zero-order valence-electron chi connectivity index (χ0n) is 12.7. The molecule has 0 radical (unpaired) electrons. The molecule has 0 aromatic rings. The number of piperidine rings is 1. The Hall–Kier alpha value is -1.03. The lowest BCUT2D eigenvalue weighted by Crippen LogP contribution is -2.44. The summed E-state index contributed by atoms with van der Waals surface area (Å²) in [5.74, 6) is 2.80. The normalized spacial score (nSPS) is 34.0. The molecule has 0 bridgehead atoms. The summed E-state index contributed by atoms with van der Waals surface area (Å²) in [4.78, 5) is 9.88. The lowest BCUT2D eigenvalue weighted by molar-refractivity contribution is 0.164. The first-order valence-electron chi connectivity index (χ1n) is 8.21. The number of hydrogen-bond acceptors (Lipinski definition) is 2. The molecule has 3 saturated heterocycles. The molecule has 4 nitrogen and oxygen atoms in total. The molecule has 3 rings (SSSR count). The molecule has 0 amide bonds. The minimum Gasteiger partial charge on any atom is -0.357 e. The SMILES string of the molecule is C=CCN=C(NCC)N1CC2CN3CCCCC3C2C1. The molecule has 20 heavy (non-hydrogen) atoms. The van der Waals surface area contributed by atoms with Crippen LogP contribution in [-0.2, 0) is 0 Å². The Morgan fingerprint density at radius 3 is 3.05 bits per heavy atom. The van der Waals surface area contributed by atoms with Crippen LogP contribution in [0.2, 0.25) is 0 Å². The van der Waals surface area contributed by atoms with Gasteiger partial charge in [-0.3, -0.25) is 4.90 Å². The first-order chi connectivity index (χ1) is 9.83. The van der Waals surface area contributed by atoms with Gasteiger partial charge in [0.25, 0.3) is 0 Å². The number of hydrogen-bond donors (Lipinski definition) is 1. The number of fused-ring (bicyclic) bond motifs is 3. The van der Waals surface area contributed by atoms with E-state index >= 15 is 0 Å². The summed E-state index contributed by atoms with van der Waals surface area (Å²) in [6, 6.07) is 0.848. The number of nitrogens with one attached hydrogen (secondary N) is 1. The van der Waals surface area contributed by atoms with Gasteiger partial charge in [0.05, 0.1) is 6.54 Å². The molecule has 4 heteroatoms. The fourth-order valence-electron chi connectivity index (χ4n) is 4.30. The smallest absolute Gasteiger partial charge is 0.194 e. The van der Waals surface area contributed by atoms with Gasteiger partial charge in [-0.2, -0.15) is 0 Å². The van der Waals surface area contributed by atoms with E-state index in [0.717, 1.165) is 30.4 Å². The molecule has 3 fully saturated rings. The van der Waals surface area contributed by atoms with Crippen molar-refractivity contribution in [2.45, 2.75) is 32.2 Å². The van der Waals surface area contributed by atoms with Crippen LogP contribution in [0.3, 0.4) is 0 Å². The van der Waals surface area contributed by atoms with Gasteiger partial charge in [0.2, 0.25) is 0 Å². The lowest BCUT2D eigenvalue weighted by atomic mass is 9.90. The Balaban J connectivity index is 1.66. The van der Waals surface area contributed by atoms with Crippen molar-refractivity contribution in [3.63, 3.8) is 0 Å². The molecule has 3 heterocycles. The molecule has 0 spiro atoms. The van der Waals surface area contributed by atoms with Crippen molar-refractivity contribution >= 4 is 5.96 Å². The van der Waals surface area contributed by atoms with Crippen molar-refractivity contribution in [2.75, 3.05) is 39.3 Å². The molecule has 0 aliphatic carbocycles. The van der Waals surface area contributed by atoms with E-state index in [9.17, 15) is 0 Å². The Kier molecular flexibility index (Phi) is 4.29. The number of guanidine groups is 1. The monoisotopic (exact) mass is 276 g/mol. The van der Waals surface area contributed by atoms with Crippen LogP contribution in [-0.4, -0.2) is 61.1 Å². The molecular formula is C16H28N4. The fourth-order valence-corrected chi connectivity index (χ4v) is 4.30. The minimum absolute atomic E-state index is 0.712. The van der Waals surface area contributed by atoms with Gasteiger partial charge in [-0.15, -0.1) is 6.58 Å². The van der Waals surface area contributed by atoms with Gasteiger partial charge in [-0.1, -0.05) is 12.5 Å². The maximum Gasteiger partial charge on any atom is 0.194 e. The van der Waals surface area contributed by atoms with Crippen LogP contribution in [0.4, 0.5) is 0 Å². The average Bonchev–Trinajstić information content (AvgIpc) is 3.01. The Morgan fingerprint density at radius 2 is 2.25 bits per heavy atom. The average molecular weight is 276 g/mol. The molecule has 3 atom stereocenters. The summed E-state index contributed by atoms with van der Waals surface area (Å²) in [6.45, 7) is 12.6.